The first-order valence-corrected chi connectivity index (χ1v) is 7.84. The summed E-state index contributed by atoms with van der Waals surface area (Å²) < 4.78 is 0. The van der Waals surface area contributed by atoms with E-state index < -0.39 is 0 Å². The first-order chi connectivity index (χ1) is 12.3. The lowest BCUT2D eigenvalue weighted by Gasteiger charge is -2.09. The zero-order valence-electron chi connectivity index (χ0n) is 13.3. The molecule has 0 aliphatic heterocycles. The van der Waals surface area contributed by atoms with Crippen LogP contribution in [-0.2, 0) is 0 Å². The van der Waals surface area contributed by atoms with Crippen molar-refractivity contribution in [3.05, 3.63) is 78.6 Å². The van der Waals surface area contributed by atoms with Gasteiger partial charge in [0.1, 0.15) is 5.52 Å². The van der Waals surface area contributed by atoms with E-state index in [1.165, 1.54) is 0 Å². The molecule has 2 aromatic carbocycles. The monoisotopic (exact) mass is 322 g/mol. The molecular formula is C21H14N4. The molecule has 25 heavy (non-hydrogen) atoms. The molecule has 2 heterocycles. The second-order valence-corrected chi connectivity index (χ2v) is 5.50. The van der Waals surface area contributed by atoms with Crippen LogP contribution in [0.25, 0.3) is 22.3 Å². The van der Waals surface area contributed by atoms with Crippen LogP contribution in [-0.4, -0.2) is 15.0 Å². The van der Waals surface area contributed by atoms with Gasteiger partial charge in [-0.25, -0.2) is 15.0 Å². The highest BCUT2D eigenvalue weighted by Crippen LogP contribution is 2.24. The Morgan fingerprint density at radius 1 is 0.920 bits per heavy atom. The van der Waals surface area contributed by atoms with Gasteiger partial charge in [-0.1, -0.05) is 42.3 Å². The van der Waals surface area contributed by atoms with Crippen molar-refractivity contribution in [2.75, 3.05) is 5.32 Å². The Kier molecular flexibility index (Phi) is 3.82. The van der Waals surface area contributed by atoms with E-state index in [4.69, 9.17) is 11.4 Å². The molecule has 0 radical (unpaired) electrons. The highest BCUT2D eigenvalue weighted by molar-refractivity contribution is 5.88. The lowest BCUT2D eigenvalue weighted by atomic mass is 10.1. The zero-order chi connectivity index (χ0) is 17.1. The molecule has 0 amide bonds. The topological polar surface area (TPSA) is 50.7 Å². The molecule has 0 spiro atoms. The number of anilines is 2. The number of nitrogens with one attached hydrogen (secondary N) is 1. The van der Waals surface area contributed by atoms with Crippen LogP contribution < -0.4 is 5.32 Å². The Morgan fingerprint density at radius 2 is 1.80 bits per heavy atom. The lowest BCUT2D eigenvalue weighted by Crippen LogP contribution is -1.98. The number of nitrogens with zero attached hydrogens (tertiary/aromatic N) is 3. The minimum atomic E-state index is 0.652. The third-order valence-electron chi connectivity index (χ3n) is 3.82. The SMILES string of the molecule is C#Cc1cccc(Nc2nccc3nc(-c4ccccc4)cnc23)c1. The van der Waals surface area contributed by atoms with E-state index in [-0.39, 0.29) is 0 Å². The minimum Gasteiger partial charge on any atom is -0.338 e. The summed E-state index contributed by atoms with van der Waals surface area (Å²) >= 11 is 0. The number of hydrogen-bond donors (Lipinski definition) is 1. The Bertz CT molecular complexity index is 1080. The molecule has 2 aromatic heterocycles. The highest BCUT2D eigenvalue weighted by Gasteiger charge is 2.08. The Balaban J connectivity index is 1.74. The summed E-state index contributed by atoms with van der Waals surface area (Å²) in [7, 11) is 0. The van der Waals surface area contributed by atoms with Crippen molar-refractivity contribution in [3.8, 4) is 23.6 Å². The van der Waals surface area contributed by atoms with Gasteiger partial charge in [0.15, 0.2) is 5.82 Å². The maximum atomic E-state index is 5.46. The van der Waals surface area contributed by atoms with Crippen molar-refractivity contribution in [1.82, 2.24) is 15.0 Å². The van der Waals surface area contributed by atoms with Crippen molar-refractivity contribution in [1.29, 1.82) is 0 Å². The van der Waals surface area contributed by atoms with Crippen molar-refractivity contribution in [2.24, 2.45) is 0 Å². The number of benzene rings is 2. The molecule has 0 bridgehead atoms. The van der Waals surface area contributed by atoms with Gasteiger partial charge in [0.25, 0.3) is 0 Å². The van der Waals surface area contributed by atoms with E-state index in [1.807, 2.05) is 60.7 Å². The van der Waals surface area contributed by atoms with E-state index >= 15 is 0 Å². The number of pyridine rings is 1. The van der Waals surface area contributed by atoms with Crippen LogP contribution in [0.4, 0.5) is 11.5 Å². The first-order valence-electron chi connectivity index (χ1n) is 7.84. The van der Waals surface area contributed by atoms with Gasteiger partial charge in [0.05, 0.1) is 17.4 Å². The third-order valence-corrected chi connectivity index (χ3v) is 3.82. The molecule has 0 aliphatic carbocycles. The van der Waals surface area contributed by atoms with E-state index in [2.05, 4.69) is 21.2 Å². The van der Waals surface area contributed by atoms with Gasteiger partial charge in [-0.2, -0.15) is 0 Å². The molecule has 0 atom stereocenters. The van der Waals surface area contributed by atoms with Gasteiger partial charge in [-0.3, -0.25) is 0 Å². The fourth-order valence-electron chi connectivity index (χ4n) is 2.61. The van der Waals surface area contributed by atoms with Gasteiger partial charge in [-0.15, -0.1) is 6.42 Å². The number of terminal acetylenes is 1. The summed E-state index contributed by atoms with van der Waals surface area (Å²) in [5, 5.41) is 3.27. The molecular weight excluding hydrogens is 308 g/mol. The Labute approximate surface area is 145 Å². The van der Waals surface area contributed by atoms with E-state index in [1.54, 1.807) is 12.4 Å². The molecule has 118 valence electrons. The zero-order valence-corrected chi connectivity index (χ0v) is 13.3. The molecule has 0 aliphatic rings. The van der Waals surface area contributed by atoms with Gasteiger partial charge in [-0.05, 0) is 24.3 Å². The fourth-order valence-corrected chi connectivity index (χ4v) is 2.61. The van der Waals surface area contributed by atoms with Crippen LogP contribution in [0.15, 0.2) is 73.1 Å². The normalized spacial score (nSPS) is 10.4. The summed E-state index contributed by atoms with van der Waals surface area (Å²) in [6.45, 7) is 0. The van der Waals surface area contributed by atoms with Crippen molar-refractivity contribution in [3.63, 3.8) is 0 Å². The van der Waals surface area contributed by atoms with Crippen LogP contribution in [0.5, 0.6) is 0 Å². The smallest absolute Gasteiger partial charge is 0.158 e. The maximum absolute atomic E-state index is 5.46. The Hall–Kier alpha value is -3.71. The Morgan fingerprint density at radius 3 is 2.64 bits per heavy atom. The summed E-state index contributed by atoms with van der Waals surface area (Å²) in [6, 6.07) is 19.5. The average molecular weight is 322 g/mol. The number of rotatable bonds is 3. The quantitative estimate of drug-likeness (QED) is 0.567. The van der Waals surface area contributed by atoms with E-state index in [0.717, 1.165) is 28.0 Å². The van der Waals surface area contributed by atoms with Crippen molar-refractivity contribution >= 4 is 22.5 Å². The average Bonchev–Trinajstić information content (AvgIpc) is 2.69. The molecule has 4 nitrogen and oxygen atoms in total. The first kappa shape index (κ1) is 14.9. The minimum absolute atomic E-state index is 0.652. The number of hydrogen-bond acceptors (Lipinski definition) is 4. The number of aromatic nitrogens is 3. The molecule has 0 unspecified atom stereocenters. The van der Waals surface area contributed by atoms with Crippen molar-refractivity contribution < 1.29 is 0 Å². The summed E-state index contributed by atoms with van der Waals surface area (Å²) in [4.78, 5) is 13.7. The van der Waals surface area contributed by atoms with E-state index in [9.17, 15) is 0 Å². The highest BCUT2D eigenvalue weighted by atomic mass is 15.0. The maximum Gasteiger partial charge on any atom is 0.158 e. The second-order valence-electron chi connectivity index (χ2n) is 5.50. The van der Waals surface area contributed by atoms with E-state index in [0.29, 0.717) is 11.3 Å². The molecule has 0 saturated heterocycles. The van der Waals surface area contributed by atoms with Crippen molar-refractivity contribution in [2.45, 2.75) is 0 Å². The van der Waals surface area contributed by atoms with Crippen LogP contribution in [0, 0.1) is 12.3 Å². The third kappa shape index (κ3) is 3.04. The van der Waals surface area contributed by atoms with Gasteiger partial charge in [0.2, 0.25) is 0 Å². The van der Waals surface area contributed by atoms with Gasteiger partial charge in [0, 0.05) is 23.0 Å². The largest absolute Gasteiger partial charge is 0.338 e. The predicted octanol–water partition coefficient (Wildman–Crippen LogP) is 4.42. The van der Waals surface area contributed by atoms with Crippen LogP contribution >= 0.6 is 0 Å². The summed E-state index contributed by atoms with van der Waals surface area (Å²) in [5.41, 5.74) is 5.04. The van der Waals surface area contributed by atoms with Gasteiger partial charge < -0.3 is 5.32 Å². The summed E-state index contributed by atoms with van der Waals surface area (Å²) in [6.07, 6.45) is 8.95. The molecule has 0 fully saturated rings. The molecule has 1 N–H and O–H groups in total. The molecule has 4 rings (SSSR count). The van der Waals surface area contributed by atoms with Crippen LogP contribution in [0.1, 0.15) is 5.56 Å². The molecule has 4 heteroatoms. The lowest BCUT2D eigenvalue weighted by molar-refractivity contribution is 1.24. The fraction of sp³-hybridized carbons (Fsp3) is 0. The van der Waals surface area contributed by atoms with Gasteiger partial charge >= 0.3 is 0 Å². The predicted molar refractivity (Wildman–Crippen MR) is 100 cm³/mol. The standard InChI is InChI=1S/C21H14N4/c1-2-15-7-6-10-17(13-15)24-21-20-18(11-12-22-21)25-19(14-23-20)16-8-4-3-5-9-16/h1,3-14H,(H,22,24). The molecule has 4 aromatic rings. The van der Waals surface area contributed by atoms with Crippen LogP contribution in [0.3, 0.4) is 0 Å². The summed E-state index contributed by atoms with van der Waals surface area (Å²) in [5.74, 6) is 3.28. The molecule has 0 saturated carbocycles. The number of fused-ring (bicyclic) bond motifs is 1. The van der Waals surface area contributed by atoms with Crippen LogP contribution in [0.2, 0.25) is 0 Å². The second kappa shape index (κ2) is 6.42.